The van der Waals surface area contributed by atoms with E-state index in [-0.39, 0.29) is 12.1 Å². The van der Waals surface area contributed by atoms with Gasteiger partial charge in [0.2, 0.25) is 5.91 Å². The van der Waals surface area contributed by atoms with Crippen LogP contribution in [0.5, 0.6) is 11.5 Å². The monoisotopic (exact) mass is 411 g/mol. The molecule has 3 rings (SSSR count). The van der Waals surface area contributed by atoms with Gasteiger partial charge in [0.1, 0.15) is 13.2 Å². The van der Waals surface area contributed by atoms with Gasteiger partial charge in [0.25, 0.3) is 0 Å². The van der Waals surface area contributed by atoms with E-state index in [4.69, 9.17) is 21.1 Å². The van der Waals surface area contributed by atoms with Crippen molar-refractivity contribution in [3.63, 3.8) is 0 Å². The van der Waals surface area contributed by atoms with Crippen molar-refractivity contribution in [1.29, 1.82) is 0 Å². The van der Waals surface area contributed by atoms with Gasteiger partial charge < -0.3 is 14.8 Å². The van der Waals surface area contributed by atoms with E-state index in [1.54, 1.807) is 18.2 Å². The molecule has 0 radical (unpaired) electrons. The standard InChI is InChI=1S/C20H17ClF3NO3/c21-16-10-13(11-17-19(16)28-9-8-27-17)6-7-25-18(26)12-15(20(22,23)24)14-4-2-1-3-5-14/h1-5,10-12H,6-9H2,(H,25,26)/b15-12-. The molecule has 0 fully saturated rings. The van der Waals surface area contributed by atoms with Gasteiger partial charge in [-0.25, -0.2) is 0 Å². The van der Waals surface area contributed by atoms with Crippen LogP contribution in [0, 0.1) is 0 Å². The molecule has 148 valence electrons. The Bertz CT molecular complexity index is 882. The largest absolute Gasteiger partial charge is 0.486 e. The Morgan fingerprint density at radius 1 is 1.14 bits per heavy atom. The second-order valence-corrected chi connectivity index (χ2v) is 6.47. The number of hydrogen-bond acceptors (Lipinski definition) is 3. The number of rotatable bonds is 5. The molecule has 0 aromatic heterocycles. The minimum absolute atomic E-state index is 0.0660. The molecule has 1 aliphatic rings. The number of nitrogens with one attached hydrogen (secondary N) is 1. The fourth-order valence-corrected chi connectivity index (χ4v) is 3.06. The molecule has 2 aromatic rings. The van der Waals surface area contributed by atoms with Gasteiger partial charge in [-0.1, -0.05) is 41.9 Å². The van der Waals surface area contributed by atoms with Crippen molar-refractivity contribution in [1.82, 2.24) is 5.32 Å². The quantitative estimate of drug-likeness (QED) is 0.741. The van der Waals surface area contributed by atoms with Gasteiger partial charge in [0.15, 0.2) is 11.5 Å². The minimum atomic E-state index is -4.64. The molecule has 0 saturated heterocycles. The molecule has 1 N–H and O–H groups in total. The van der Waals surface area contributed by atoms with E-state index < -0.39 is 17.7 Å². The maximum atomic E-state index is 13.3. The SMILES string of the molecule is O=C(/C=C(/c1ccccc1)C(F)(F)F)NCCc1cc(Cl)c2c(c1)OCCO2. The lowest BCUT2D eigenvalue weighted by Crippen LogP contribution is -2.25. The van der Waals surface area contributed by atoms with Gasteiger partial charge in [-0.15, -0.1) is 0 Å². The van der Waals surface area contributed by atoms with E-state index in [0.717, 1.165) is 5.56 Å². The van der Waals surface area contributed by atoms with E-state index in [1.807, 2.05) is 0 Å². The van der Waals surface area contributed by atoms with Crippen molar-refractivity contribution in [2.24, 2.45) is 0 Å². The molecule has 0 unspecified atom stereocenters. The Morgan fingerprint density at radius 3 is 2.57 bits per heavy atom. The van der Waals surface area contributed by atoms with Crippen molar-refractivity contribution >= 4 is 23.1 Å². The lowest BCUT2D eigenvalue weighted by atomic mass is 10.1. The number of allylic oxidation sites excluding steroid dienone is 1. The minimum Gasteiger partial charge on any atom is -0.486 e. The molecule has 0 spiro atoms. The van der Waals surface area contributed by atoms with E-state index in [9.17, 15) is 18.0 Å². The summed E-state index contributed by atoms with van der Waals surface area (Å²) in [5.74, 6) is 0.171. The van der Waals surface area contributed by atoms with Crippen LogP contribution in [0.25, 0.3) is 5.57 Å². The Kier molecular flexibility index (Phi) is 6.14. The first-order valence-corrected chi connectivity index (χ1v) is 8.92. The molecular formula is C20H17ClF3NO3. The summed E-state index contributed by atoms with van der Waals surface area (Å²) in [4.78, 5) is 12.0. The van der Waals surface area contributed by atoms with Crippen LogP contribution in [0.1, 0.15) is 11.1 Å². The lowest BCUT2D eigenvalue weighted by Gasteiger charge is -2.20. The Labute approximate surface area is 164 Å². The maximum Gasteiger partial charge on any atom is 0.417 e. The molecule has 1 heterocycles. The van der Waals surface area contributed by atoms with Crippen molar-refractivity contribution in [3.8, 4) is 11.5 Å². The highest BCUT2D eigenvalue weighted by molar-refractivity contribution is 6.32. The highest BCUT2D eigenvalue weighted by atomic mass is 35.5. The third-order valence-electron chi connectivity index (χ3n) is 4.04. The second-order valence-electron chi connectivity index (χ2n) is 6.06. The zero-order chi connectivity index (χ0) is 20.1. The first-order valence-electron chi connectivity index (χ1n) is 8.55. The predicted octanol–water partition coefficient (Wildman–Crippen LogP) is 4.42. The van der Waals surface area contributed by atoms with Crippen LogP contribution in [0.3, 0.4) is 0 Å². The molecule has 8 heteroatoms. The van der Waals surface area contributed by atoms with Crippen LogP contribution in [-0.4, -0.2) is 31.8 Å². The molecule has 0 aliphatic carbocycles. The third-order valence-corrected chi connectivity index (χ3v) is 4.32. The Morgan fingerprint density at radius 2 is 1.86 bits per heavy atom. The molecule has 1 amide bonds. The zero-order valence-corrected chi connectivity index (χ0v) is 15.4. The molecule has 0 saturated carbocycles. The van der Waals surface area contributed by atoms with Gasteiger partial charge in [0, 0.05) is 12.6 Å². The normalized spacial score (nSPS) is 13.9. The highest BCUT2D eigenvalue weighted by Crippen LogP contribution is 2.38. The third kappa shape index (κ3) is 4.98. The first-order chi connectivity index (χ1) is 13.3. The highest BCUT2D eigenvalue weighted by Gasteiger charge is 2.35. The Balaban J connectivity index is 1.65. The van der Waals surface area contributed by atoms with E-state index >= 15 is 0 Å². The summed E-state index contributed by atoms with van der Waals surface area (Å²) in [7, 11) is 0. The summed E-state index contributed by atoms with van der Waals surface area (Å²) in [6.45, 7) is 0.969. The van der Waals surface area contributed by atoms with E-state index in [1.165, 1.54) is 24.3 Å². The van der Waals surface area contributed by atoms with E-state index in [2.05, 4.69) is 5.32 Å². The van der Waals surface area contributed by atoms with Crippen LogP contribution in [-0.2, 0) is 11.2 Å². The molecule has 28 heavy (non-hydrogen) atoms. The number of carbonyl (C=O) groups is 1. The maximum absolute atomic E-state index is 13.3. The second kappa shape index (κ2) is 8.56. The zero-order valence-electron chi connectivity index (χ0n) is 14.7. The summed E-state index contributed by atoms with van der Waals surface area (Å²) in [5.41, 5.74) is -0.283. The van der Waals surface area contributed by atoms with Crippen LogP contribution in [0.15, 0.2) is 48.5 Å². The molecule has 1 aliphatic heterocycles. The molecule has 0 bridgehead atoms. The average Bonchev–Trinajstić information content (AvgIpc) is 2.66. The molecule has 2 aromatic carbocycles. The number of ether oxygens (including phenoxy) is 2. The average molecular weight is 412 g/mol. The molecule has 4 nitrogen and oxygen atoms in total. The lowest BCUT2D eigenvalue weighted by molar-refractivity contribution is -0.116. The molecular weight excluding hydrogens is 395 g/mol. The first kappa shape index (κ1) is 20.1. The number of benzene rings is 2. The summed E-state index contributed by atoms with van der Waals surface area (Å²) in [5, 5.41) is 2.86. The Hall–Kier alpha value is -2.67. The number of hydrogen-bond donors (Lipinski definition) is 1. The fraction of sp³-hybridized carbons (Fsp3) is 0.250. The van der Waals surface area contributed by atoms with Gasteiger partial charge in [-0.05, 0) is 29.7 Å². The fourth-order valence-electron chi connectivity index (χ4n) is 2.77. The topological polar surface area (TPSA) is 47.6 Å². The number of carbonyl (C=O) groups excluding carboxylic acids is 1. The number of alkyl halides is 3. The van der Waals surface area contributed by atoms with Gasteiger partial charge in [0.05, 0.1) is 10.6 Å². The van der Waals surface area contributed by atoms with Crippen LogP contribution < -0.4 is 14.8 Å². The number of fused-ring (bicyclic) bond motifs is 1. The van der Waals surface area contributed by atoms with Gasteiger partial charge >= 0.3 is 6.18 Å². The van der Waals surface area contributed by atoms with Crippen LogP contribution in [0.4, 0.5) is 13.2 Å². The van der Waals surface area contributed by atoms with Crippen molar-refractivity contribution in [2.45, 2.75) is 12.6 Å². The summed E-state index contributed by atoms with van der Waals surface area (Å²) < 4.78 is 50.7. The van der Waals surface area contributed by atoms with Crippen LogP contribution in [0.2, 0.25) is 5.02 Å². The number of amides is 1. The van der Waals surface area contributed by atoms with Crippen molar-refractivity contribution in [3.05, 3.63) is 64.7 Å². The van der Waals surface area contributed by atoms with Gasteiger partial charge in [-0.3, -0.25) is 4.79 Å². The smallest absolute Gasteiger partial charge is 0.417 e. The van der Waals surface area contributed by atoms with E-state index in [0.29, 0.717) is 42.2 Å². The van der Waals surface area contributed by atoms with Crippen LogP contribution >= 0.6 is 11.6 Å². The predicted molar refractivity (Wildman–Crippen MR) is 99.6 cm³/mol. The summed E-state index contributed by atoms with van der Waals surface area (Å²) in [6.07, 6.45) is -3.68. The summed E-state index contributed by atoms with van der Waals surface area (Å²) >= 11 is 6.15. The molecule has 0 atom stereocenters. The number of halogens is 4. The van der Waals surface area contributed by atoms with Crippen molar-refractivity contribution < 1.29 is 27.4 Å². The summed E-state index contributed by atoms with van der Waals surface area (Å²) in [6, 6.07) is 10.6. The van der Waals surface area contributed by atoms with Crippen molar-refractivity contribution in [2.75, 3.05) is 19.8 Å². The van der Waals surface area contributed by atoms with Gasteiger partial charge in [-0.2, -0.15) is 13.2 Å².